The molecule has 0 saturated carbocycles. The summed E-state index contributed by atoms with van der Waals surface area (Å²) in [5.41, 5.74) is 1.60. The number of anilines is 1. The van der Waals surface area contributed by atoms with Crippen molar-refractivity contribution in [1.82, 2.24) is 5.32 Å². The largest absolute Gasteiger partial charge is 0.462 e. The Morgan fingerprint density at radius 1 is 1.11 bits per heavy atom. The van der Waals surface area contributed by atoms with Gasteiger partial charge in [0.2, 0.25) is 11.8 Å². The lowest BCUT2D eigenvalue weighted by molar-refractivity contribution is -0.120. The number of halogens is 1. The van der Waals surface area contributed by atoms with Crippen LogP contribution in [0, 0.1) is 0 Å². The van der Waals surface area contributed by atoms with E-state index in [0.29, 0.717) is 16.3 Å². The van der Waals surface area contributed by atoms with Crippen molar-refractivity contribution in [2.45, 2.75) is 26.3 Å². The van der Waals surface area contributed by atoms with E-state index in [9.17, 15) is 14.4 Å². The van der Waals surface area contributed by atoms with Crippen LogP contribution in [0.15, 0.2) is 48.5 Å². The molecule has 1 atom stereocenters. The summed E-state index contributed by atoms with van der Waals surface area (Å²) >= 11 is 5.89. The predicted octanol–water partition coefficient (Wildman–Crippen LogP) is 3.72. The Bertz CT molecular complexity index is 821. The number of carbonyl (C=O) groups is 3. The lowest BCUT2D eigenvalue weighted by atomic mass is 10.0. The summed E-state index contributed by atoms with van der Waals surface area (Å²) in [6.45, 7) is 3.39. The van der Waals surface area contributed by atoms with E-state index in [-0.39, 0.29) is 24.8 Å². The maximum atomic E-state index is 12.4. The van der Waals surface area contributed by atoms with Crippen LogP contribution in [-0.2, 0) is 14.3 Å². The third-order valence-electron chi connectivity index (χ3n) is 3.70. The first kappa shape index (κ1) is 20.5. The fraction of sp³-hybridized carbons (Fsp3) is 0.250. The lowest BCUT2D eigenvalue weighted by Crippen LogP contribution is -2.29. The van der Waals surface area contributed by atoms with Gasteiger partial charge in [-0.1, -0.05) is 29.8 Å². The summed E-state index contributed by atoms with van der Waals surface area (Å²) in [7, 11) is 0. The van der Waals surface area contributed by atoms with E-state index in [0.717, 1.165) is 5.56 Å². The van der Waals surface area contributed by atoms with Gasteiger partial charge in [-0.05, 0) is 42.8 Å². The first-order valence-electron chi connectivity index (χ1n) is 8.48. The number of esters is 1. The summed E-state index contributed by atoms with van der Waals surface area (Å²) < 4.78 is 4.95. The van der Waals surface area contributed by atoms with E-state index in [1.165, 1.54) is 6.92 Å². The molecule has 2 rings (SSSR count). The van der Waals surface area contributed by atoms with Crippen molar-refractivity contribution in [2.75, 3.05) is 11.9 Å². The molecule has 0 radical (unpaired) electrons. The van der Waals surface area contributed by atoms with E-state index in [1.54, 1.807) is 55.5 Å². The summed E-state index contributed by atoms with van der Waals surface area (Å²) in [4.78, 5) is 35.7. The zero-order chi connectivity index (χ0) is 19.8. The van der Waals surface area contributed by atoms with E-state index < -0.39 is 12.0 Å². The van der Waals surface area contributed by atoms with E-state index in [4.69, 9.17) is 16.3 Å². The number of carbonyl (C=O) groups excluding carboxylic acids is 3. The molecule has 0 aliphatic rings. The van der Waals surface area contributed by atoms with Gasteiger partial charge < -0.3 is 15.4 Å². The van der Waals surface area contributed by atoms with Crippen molar-refractivity contribution in [3.63, 3.8) is 0 Å². The summed E-state index contributed by atoms with van der Waals surface area (Å²) in [5.74, 6) is -0.998. The number of hydrogen-bond donors (Lipinski definition) is 2. The molecular weight excluding hydrogens is 368 g/mol. The molecule has 1 unspecified atom stereocenters. The van der Waals surface area contributed by atoms with Crippen molar-refractivity contribution < 1.29 is 19.1 Å². The van der Waals surface area contributed by atoms with Gasteiger partial charge in [0.1, 0.15) is 0 Å². The van der Waals surface area contributed by atoms with Gasteiger partial charge in [-0.15, -0.1) is 0 Å². The first-order valence-corrected chi connectivity index (χ1v) is 8.86. The van der Waals surface area contributed by atoms with Crippen LogP contribution in [0.5, 0.6) is 0 Å². The fourth-order valence-electron chi connectivity index (χ4n) is 2.53. The Morgan fingerprint density at radius 2 is 1.81 bits per heavy atom. The molecule has 0 aromatic heterocycles. The van der Waals surface area contributed by atoms with Crippen LogP contribution in [0.4, 0.5) is 5.69 Å². The van der Waals surface area contributed by atoms with Gasteiger partial charge in [-0.2, -0.15) is 0 Å². The zero-order valence-corrected chi connectivity index (χ0v) is 15.9. The number of rotatable bonds is 7. The quantitative estimate of drug-likeness (QED) is 0.708. The smallest absolute Gasteiger partial charge is 0.338 e. The predicted molar refractivity (Wildman–Crippen MR) is 104 cm³/mol. The minimum Gasteiger partial charge on any atom is -0.462 e. The molecule has 0 aliphatic heterocycles. The Hall–Kier alpha value is -2.86. The standard InChI is InChI=1S/C20H21ClN2O4/c1-3-27-20(26)15-5-4-6-17(11-15)23-19(25)12-18(22-13(2)24)14-7-9-16(21)10-8-14/h4-11,18H,3,12H2,1-2H3,(H,22,24)(H,23,25). The van der Waals surface area contributed by atoms with Crippen LogP contribution >= 0.6 is 11.6 Å². The van der Waals surface area contributed by atoms with Crippen LogP contribution in [-0.4, -0.2) is 24.4 Å². The Morgan fingerprint density at radius 3 is 2.44 bits per heavy atom. The Labute approximate surface area is 162 Å². The molecule has 7 heteroatoms. The second kappa shape index (κ2) is 9.73. The van der Waals surface area contributed by atoms with Crippen LogP contribution in [0.3, 0.4) is 0 Å². The van der Waals surface area contributed by atoms with Crippen molar-refractivity contribution in [2.24, 2.45) is 0 Å². The van der Waals surface area contributed by atoms with E-state index in [2.05, 4.69) is 10.6 Å². The van der Waals surface area contributed by atoms with Gasteiger partial charge in [0.15, 0.2) is 0 Å². The van der Waals surface area contributed by atoms with Gasteiger partial charge in [-0.3, -0.25) is 9.59 Å². The van der Waals surface area contributed by atoms with Crippen LogP contribution in [0.25, 0.3) is 0 Å². The molecule has 0 aliphatic carbocycles. The minimum absolute atomic E-state index is 0.0326. The number of ether oxygens (including phenoxy) is 1. The SMILES string of the molecule is CCOC(=O)c1cccc(NC(=O)CC(NC(C)=O)c2ccc(Cl)cc2)c1. The number of hydrogen-bond acceptors (Lipinski definition) is 4. The molecule has 2 N–H and O–H groups in total. The summed E-state index contributed by atoms with van der Waals surface area (Å²) in [5, 5.41) is 6.07. The molecule has 6 nitrogen and oxygen atoms in total. The zero-order valence-electron chi connectivity index (χ0n) is 15.1. The molecule has 0 bridgehead atoms. The highest BCUT2D eigenvalue weighted by molar-refractivity contribution is 6.30. The van der Waals surface area contributed by atoms with Gasteiger partial charge in [-0.25, -0.2) is 4.79 Å². The molecule has 2 aromatic carbocycles. The maximum Gasteiger partial charge on any atom is 0.338 e. The fourth-order valence-corrected chi connectivity index (χ4v) is 2.65. The normalized spacial score (nSPS) is 11.4. The maximum absolute atomic E-state index is 12.4. The van der Waals surface area contributed by atoms with Gasteiger partial charge >= 0.3 is 5.97 Å². The Kier molecular flexibility index (Phi) is 7.37. The second-order valence-electron chi connectivity index (χ2n) is 5.86. The molecule has 142 valence electrons. The first-order chi connectivity index (χ1) is 12.9. The summed E-state index contributed by atoms with van der Waals surface area (Å²) in [6.07, 6.45) is 0.0326. The van der Waals surface area contributed by atoms with Crippen molar-refractivity contribution >= 4 is 35.1 Å². The summed E-state index contributed by atoms with van der Waals surface area (Å²) in [6, 6.07) is 12.9. The highest BCUT2D eigenvalue weighted by Crippen LogP contribution is 2.21. The van der Waals surface area contributed by atoms with Crippen molar-refractivity contribution in [3.8, 4) is 0 Å². The molecular formula is C20H21ClN2O4. The van der Waals surface area contributed by atoms with Crippen LogP contribution in [0.1, 0.15) is 42.2 Å². The average molecular weight is 389 g/mol. The van der Waals surface area contributed by atoms with E-state index in [1.807, 2.05) is 0 Å². The van der Waals surface area contributed by atoms with Crippen LogP contribution < -0.4 is 10.6 Å². The number of nitrogens with one attached hydrogen (secondary N) is 2. The lowest BCUT2D eigenvalue weighted by Gasteiger charge is -2.18. The topological polar surface area (TPSA) is 84.5 Å². The Balaban J connectivity index is 2.09. The molecule has 2 amide bonds. The van der Waals surface area contributed by atoms with Gasteiger partial charge in [0.05, 0.1) is 24.6 Å². The van der Waals surface area contributed by atoms with E-state index >= 15 is 0 Å². The van der Waals surface area contributed by atoms with Crippen molar-refractivity contribution in [3.05, 3.63) is 64.7 Å². The third-order valence-corrected chi connectivity index (χ3v) is 3.95. The number of benzene rings is 2. The monoisotopic (exact) mass is 388 g/mol. The van der Waals surface area contributed by atoms with Gasteiger partial charge in [0, 0.05) is 17.6 Å². The molecule has 0 fully saturated rings. The molecule has 2 aromatic rings. The molecule has 0 saturated heterocycles. The third kappa shape index (κ3) is 6.42. The average Bonchev–Trinajstić information content (AvgIpc) is 2.62. The molecule has 0 heterocycles. The second-order valence-corrected chi connectivity index (χ2v) is 6.29. The number of amides is 2. The van der Waals surface area contributed by atoms with Crippen molar-refractivity contribution in [1.29, 1.82) is 0 Å². The molecule has 27 heavy (non-hydrogen) atoms. The minimum atomic E-state index is -0.493. The van der Waals surface area contributed by atoms with Crippen LogP contribution in [0.2, 0.25) is 5.02 Å². The highest BCUT2D eigenvalue weighted by Gasteiger charge is 2.18. The van der Waals surface area contributed by atoms with Gasteiger partial charge in [0.25, 0.3) is 0 Å². The molecule has 0 spiro atoms. The highest BCUT2D eigenvalue weighted by atomic mass is 35.5.